The second-order valence-electron chi connectivity index (χ2n) is 5.04. The van der Waals surface area contributed by atoms with Crippen LogP contribution in [0.3, 0.4) is 0 Å². The van der Waals surface area contributed by atoms with Crippen molar-refractivity contribution < 1.29 is 14.3 Å². The monoisotopic (exact) mass is 256 g/mol. The second-order valence-corrected chi connectivity index (χ2v) is 5.04. The van der Waals surface area contributed by atoms with E-state index in [0.29, 0.717) is 6.54 Å². The van der Waals surface area contributed by atoms with E-state index in [4.69, 9.17) is 4.74 Å². The van der Waals surface area contributed by atoms with Crippen molar-refractivity contribution in [2.24, 2.45) is 5.92 Å². The molecule has 0 aromatic carbocycles. The lowest BCUT2D eigenvalue weighted by Gasteiger charge is -2.28. The number of amides is 1. The molecule has 1 heterocycles. The minimum atomic E-state index is -0.462. The molecule has 0 aromatic rings. The van der Waals surface area contributed by atoms with Gasteiger partial charge in [0.1, 0.15) is 6.04 Å². The van der Waals surface area contributed by atoms with Gasteiger partial charge in [0.2, 0.25) is 5.91 Å². The summed E-state index contributed by atoms with van der Waals surface area (Å²) >= 11 is 0. The predicted octanol–water partition coefficient (Wildman–Crippen LogP) is 0.784. The van der Waals surface area contributed by atoms with Gasteiger partial charge in [-0.1, -0.05) is 20.8 Å². The molecule has 5 heteroatoms. The molecule has 0 radical (unpaired) electrons. The summed E-state index contributed by atoms with van der Waals surface area (Å²) < 4.78 is 4.80. The Morgan fingerprint density at radius 3 is 2.72 bits per heavy atom. The van der Waals surface area contributed by atoms with Gasteiger partial charge in [0, 0.05) is 6.54 Å². The Morgan fingerprint density at radius 1 is 1.56 bits per heavy atom. The maximum Gasteiger partial charge on any atom is 0.328 e. The Bertz CT molecular complexity index is 305. The van der Waals surface area contributed by atoms with Crippen LogP contribution >= 0.6 is 0 Å². The van der Waals surface area contributed by atoms with Crippen LogP contribution in [-0.4, -0.2) is 49.1 Å². The van der Waals surface area contributed by atoms with Crippen LogP contribution in [0, 0.1) is 5.92 Å². The SMILES string of the molecule is CCCNC1CCN(C(C(=O)OC)C(C)C)C1=O. The molecule has 5 nitrogen and oxygen atoms in total. The molecule has 2 unspecified atom stereocenters. The van der Waals surface area contributed by atoms with Crippen LogP contribution in [0.15, 0.2) is 0 Å². The molecule has 1 N–H and O–H groups in total. The highest BCUT2D eigenvalue weighted by molar-refractivity contribution is 5.89. The van der Waals surface area contributed by atoms with Crippen LogP contribution < -0.4 is 5.32 Å². The number of carbonyl (C=O) groups is 2. The van der Waals surface area contributed by atoms with Crippen LogP contribution in [0.4, 0.5) is 0 Å². The third-order valence-electron chi connectivity index (χ3n) is 3.29. The molecule has 1 saturated heterocycles. The summed E-state index contributed by atoms with van der Waals surface area (Å²) in [6.45, 7) is 7.38. The molecule has 104 valence electrons. The number of hydrogen-bond acceptors (Lipinski definition) is 4. The number of nitrogens with zero attached hydrogens (tertiary/aromatic N) is 1. The van der Waals surface area contributed by atoms with Crippen molar-refractivity contribution in [3.63, 3.8) is 0 Å². The highest BCUT2D eigenvalue weighted by atomic mass is 16.5. The number of rotatable bonds is 6. The summed E-state index contributed by atoms with van der Waals surface area (Å²) in [6, 6.07) is -0.605. The van der Waals surface area contributed by atoms with Gasteiger partial charge in [-0.3, -0.25) is 4.79 Å². The van der Waals surface area contributed by atoms with E-state index in [0.717, 1.165) is 19.4 Å². The van der Waals surface area contributed by atoms with Gasteiger partial charge < -0.3 is 15.0 Å². The lowest BCUT2D eigenvalue weighted by atomic mass is 10.0. The molecule has 0 spiro atoms. The number of likely N-dealkylation sites (tertiary alicyclic amines) is 1. The zero-order valence-corrected chi connectivity index (χ0v) is 11.7. The average Bonchev–Trinajstić information content (AvgIpc) is 2.68. The predicted molar refractivity (Wildman–Crippen MR) is 69.1 cm³/mol. The molecular weight excluding hydrogens is 232 g/mol. The number of methoxy groups -OCH3 is 1. The van der Waals surface area contributed by atoms with Gasteiger partial charge >= 0.3 is 5.97 Å². The Labute approximate surface area is 109 Å². The summed E-state index contributed by atoms with van der Waals surface area (Å²) in [5.41, 5.74) is 0. The first-order valence-electron chi connectivity index (χ1n) is 6.64. The fourth-order valence-electron chi connectivity index (χ4n) is 2.37. The van der Waals surface area contributed by atoms with Gasteiger partial charge in [-0.15, -0.1) is 0 Å². The molecule has 0 aromatic heterocycles. The molecule has 2 atom stereocenters. The number of ether oxygens (including phenoxy) is 1. The van der Waals surface area contributed by atoms with Crippen molar-refractivity contribution >= 4 is 11.9 Å². The molecule has 1 rings (SSSR count). The smallest absolute Gasteiger partial charge is 0.328 e. The van der Waals surface area contributed by atoms with Gasteiger partial charge in [0.05, 0.1) is 13.2 Å². The van der Waals surface area contributed by atoms with Crippen LogP contribution in [0.5, 0.6) is 0 Å². The number of nitrogens with one attached hydrogen (secondary N) is 1. The summed E-state index contributed by atoms with van der Waals surface area (Å²) in [5.74, 6) is -0.242. The topological polar surface area (TPSA) is 58.6 Å². The first-order valence-corrected chi connectivity index (χ1v) is 6.64. The molecule has 1 amide bonds. The second kappa shape index (κ2) is 6.73. The van der Waals surface area contributed by atoms with Gasteiger partial charge in [0.15, 0.2) is 0 Å². The molecule has 1 aliphatic heterocycles. The zero-order valence-electron chi connectivity index (χ0n) is 11.7. The van der Waals surface area contributed by atoms with Crippen molar-refractivity contribution in [2.75, 3.05) is 20.2 Å². The quantitative estimate of drug-likeness (QED) is 0.714. The van der Waals surface area contributed by atoms with Crippen molar-refractivity contribution in [1.29, 1.82) is 0 Å². The first kappa shape index (κ1) is 15.0. The average molecular weight is 256 g/mol. The number of hydrogen-bond donors (Lipinski definition) is 1. The Hall–Kier alpha value is -1.10. The van der Waals surface area contributed by atoms with E-state index in [-0.39, 0.29) is 23.8 Å². The minimum absolute atomic E-state index is 0.0209. The van der Waals surface area contributed by atoms with Crippen LogP contribution in [0.1, 0.15) is 33.6 Å². The summed E-state index contributed by atoms with van der Waals surface area (Å²) in [5, 5.41) is 3.22. The van der Waals surface area contributed by atoms with E-state index >= 15 is 0 Å². The van der Waals surface area contributed by atoms with E-state index in [1.807, 2.05) is 13.8 Å². The lowest BCUT2D eigenvalue weighted by molar-refractivity contribution is -0.153. The first-order chi connectivity index (χ1) is 8.52. The fourth-order valence-corrected chi connectivity index (χ4v) is 2.37. The highest BCUT2D eigenvalue weighted by Crippen LogP contribution is 2.20. The maximum atomic E-state index is 12.2. The highest BCUT2D eigenvalue weighted by Gasteiger charge is 2.40. The van der Waals surface area contributed by atoms with E-state index < -0.39 is 6.04 Å². The van der Waals surface area contributed by atoms with Gasteiger partial charge in [-0.2, -0.15) is 0 Å². The fraction of sp³-hybridized carbons (Fsp3) is 0.846. The van der Waals surface area contributed by atoms with Gasteiger partial charge in [0.25, 0.3) is 0 Å². The summed E-state index contributed by atoms with van der Waals surface area (Å²) in [6.07, 6.45) is 1.76. The molecule has 18 heavy (non-hydrogen) atoms. The van der Waals surface area contributed by atoms with Crippen molar-refractivity contribution in [2.45, 2.75) is 45.7 Å². The molecule has 0 bridgehead atoms. The minimum Gasteiger partial charge on any atom is -0.467 e. The molecular formula is C13H24N2O3. The lowest BCUT2D eigenvalue weighted by Crippen LogP contribution is -2.49. The van der Waals surface area contributed by atoms with Crippen molar-refractivity contribution in [1.82, 2.24) is 10.2 Å². The Morgan fingerprint density at radius 2 is 2.22 bits per heavy atom. The van der Waals surface area contributed by atoms with Crippen molar-refractivity contribution in [3.8, 4) is 0 Å². The molecule has 1 fully saturated rings. The van der Waals surface area contributed by atoms with Crippen molar-refractivity contribution in [3.05, 3.63) is 0 Å². The Kier molecular flexibility index (Phi) is 5.59. The third kappa shape index (κ3) is 3.22. The van der Waals surface area contributed by atoms with E-state index in [1.54, 1.807) is 4.90 Å². The molecule has 0 saturated carbocycles. The van der Waals surface area contributed by atoms with Crippen LogP contribution in [0.2, 0.25) is 0 Å². The van der Waals surface area contributed by atoms with Crippen LogP contribution in [-0.2, 0) is 14.3 Å². The summed E-state index contributed by atoms with van der Waals surface area (Å²) in [4.78, 5) is 25.7. The normalized spacial score (nSPS) is 21.5. The summed E-state index contributed by atoms with van der Waals surface area (Å²) in [7, 11) is 1.37. The standard InChI is InChI=1S/C13H24N2O3/c1-5-7-14-10-6-8-15(12(10)16)11(9(2)3)13(17)18-4/h9-11,14H,5-8H2,1-4H3. The largest absolute Gasteiger partial charge is 0.467 e. The van der Waals surface area contributed by atoms with Gasteiger partial charge in [-0.25, -0.2) is 4.79 Å². The third-order valence-corrected chi connectivity index (χ3v) is 3.29. The molecule has 1 aliphatic rings. The number of carbonyl (C=O) groups excluding carboxylic acids is 2. The zero-order chi connectivity index (χ0) is 13.7. The molecule has 0 aliphatic carbocycles. The van der Waals surface area contributed by atoms with Gasteiger partial charge in [-0.05, 0) is 25.3 Å². The van der Waals surface area contributed by atoms with E-state index in [1.165, 1.54) is 7.11 Å². The number of esters is 1. The van der Waals surface area contributed by atoms with E-state index in [9.17, 15) is 9.59 Å². The van der Waals surface area contributed by atoms with Crippen LogP contribution in [0.25, 0.3) is 0 Å². The Balaban J connectivity index is 2.71. The van der Waals surface area contributed by atoms with E-state index in [2.05, 4.69) is 12.2 Å². The maximum absolute atomic E-state index is 12.2.